The number of hydrogen-bond donors (Lipinski definition) is 0. The average molecular weight is 391 g/mol. The zero-order chi connectivity index (χ0) is 18.3. The smallest absolute Gasteiger partial charge is 0.283 e. The van der Waals surface area contributed by atoms with E-state index in [2.05, 4.69) is 21.9 Å². The topological polar surface area (TPSA) is 58.4 Å². The number of hydrogen-bond acceptors (Lipinski definition) is 5. The van der Waals surface area contributed by atoms with Crippen molar-refractivity contribution >= 4 is 38.3 Å². The molecule has 8 heteroatoms. The van der Waals surface area contributed by atoms with E-state index in [1.807, 2.05) is 6.07 Å². The van der Waals surface area contributed by atoms with Crippen molar-refractivity contribution in [2.24, 2.45) is 0 Å². The van der Waals surface area contributed by atoms with Crippen LogP contribution in [-0.4, -0.2) is 55.7 Å². The fraction of sp³-hybridized carbons (Fsp3) is 0.278. The minimum atomic E-state index is -3.80. The van der Waals surface area contributed by atoms with Crippen LogP contribution >= 0.6 is 11.6 Å². The molecule has 0 radical (unpaired) electrons. The predicted octanol–water partition coefficient (Wildman–Crippen LogP) is 2.68. The van der Waals surface area contributed by atoms with Crippen LogP contribution in [0.3, 0.4) is 0 Å². The summed E-state index contributed by atoms with van der Waals surface area (Å²) in [6, 6.07) is 13.6. The van der Waals surface area contributed by atoms with Crippen LogP contribution in [0.1, 0.15) is 0 Å². The molecule has 1 aromatic heterocycles. The standard InChI is InChI=1S/C18H19ClN4O2S/c1-21-9-11-22(12-10-21)18-16-8-7-14(19)13-17(16)23(20-18)26(24,25)15-5-3-2-4-6-15/h2-8,13H,9-12H2,1H3. The molecule has 0 spiro atoms. The first-order valence-electron chi connectivity index (χ1n) is 8.39. The lowest BCUT2D eigenvalue weighted by atomic mass is 10.2. The third-order valence-corrected chi connectivity index (χ3v) is 6.50. The predicted molar refractivity (Wildman–Crippen MR) is 103 cm³/mol. The first-order chi connectivity index (χ1) is 12.5. The largest absolute Gasteiger partial charge is 0.352 e. The van der Waals surface area contributed by atoms with Crippen LogP contribution in [0.4, 0.5) is 5.82 Å². The molecule has 3 aromatic rings. The van der Waals surface area contributed by atoms with Crippen molar-refractivity contribution in [2.45, 2.75) is 4.90 Å². The lowest BCUT2D eigenvalue weighted by Crippen LogP contribution is -2.44. The Bertz CT molecular complexity index is 1040. The molecule has 0 saturated carbocycles. The molecule has 1 fully saturated rings. The zero-order valence-corrected chi connectivity index (χ0v) is 15.9. The van der Waals surface area contributed by atoms with Gasteiger partial charge in [-0.25, -0.2) is 0 Å². The first kappa shape index (κ1) is 17.3. The van der Waals surface area contributed by atoms with Crippen molar-refractivity contribution in [1.29, 1.82) is 0 Å². The molecule has 1 saturated heterocycles. The van der Waals surface area contributed by atoms with Crippen LogP contribution in [0.2, 0.25) is 5.02 Å². The van der Waals surface area contributed by atoms with E-state index in [4.69, 9.17) is 11.6 Å². The molecule has 1 aliphatic rings. The molecule has 0 bridgehead atoms. The number of rotatable bonds is 3. The maximum atomic E-state index is 13.1. The Morgan fingerprint density at radius 3 is 2.38 bits per heavy atom. The summed E-state index contributed by atoms with van der Waals surface area (Å²) in [6.45, 7) is 3.42. The third-order valence-electron chi connectivity index (χ3n) is 4.66. The molecule has 0 amide bonds. The van der Waals surface area contributed by atoms with E-state index < -0.39 is 10.0 Å². The van der Waals surface area contributed by atoms with Gasteiger partial charge in [-0.05, 0) is 37.4 Å². The van der Waals surface area contributed by atoms with E-state index in [9.17, 15) is 8.42 Å². The van der Waals surface area contributed by atoms with Crippen molar-refractivity contribution in [3.63, 3.8) is 0 Å². The van der Waals surface area contributed by atoms with Gasteiger partial charge in [0.25, 0.3) is 10.0 Å². The van der Waals surface area contributed by atoms with Crippen molar-refractivity contribution in [2.75, 3.05) is 38.1 Å². The maximum absolute atomic E-state index is 13.1. The maximum Gasteiger partial charge on any atom is 0.283 e. The van der Waals surface area contributed by atoms with Crippen molar-refractivity contribution in [3.8, 4) is 0 Å². The highest BCUT2D eigenvalue weighted by atomic mass is 35.5. The molecule has 4 rings (SSSR count). The van der Waals surface area contributed by atoms with E-state index in [0.717, 1.165) is 35.7 Å². The van der Waals surface area contributed by atoms with Crippen molar-refractivity contribution < 1.29 is 8.42 Å². The molecule has 0 unspecified atom stereocenters. The average Bonchev–Trinajstić information content (AvgIpc) is 3.02. The molecule has 0 atom stereocenters. The quantitative estimate of drug-likeness (QED) is 0.688. The summed E-state index contributed by atoms with van der Waals surface area (Å²) in [4.78, 5) is 4.58. The molecule has 2 aromatic carbocycles. The minimum absolute atomic E-state index is 0.203. The number of aromatic nitrogens is 2. The number of nitrogens with zero attached hydrogens (tertiary/aromatic N) is 4. The van der Waals surface area contributed by atoms with E-state index in [1.165, 1.54) is 0 Å². The molecule has 0 N–H and O–H groups in total. The minimum Gasteiger partial charge on any atom is -0.352 e. The van der Waals surface area contributed by atoms with E-state index in [1.54, 1.807) is 42.5 Å². The lowest BCUT2D eigenvalue weighted by Gasteiger charge is -2.32. The van der Waals surface area contributed by atoms with Crippen LogP contribution in [-0.2, 0) is 10.0 Å². The Hall–Kier alpha value is -2.09. The van der Waals surface area contributed by atoms with Gasteiger partial charge in [-0.1, -0.05) is 29.8 Å². The Labute approximate surface area is 157 Å². The van der Waals surface area contributed by atoms with Gasteiger partial charge in [0.15, 0.2) is 5.82 Å². The Morgan fingerprint density at radius 2 is 1.69 bits per heavy atom. The summed E-state index contributed by atoms with van der Waals surface area (Å²) in [6.07, 6.45) is 0. The van der Waals surface area contributed by atoms with Crippen LogP contribution in [0, 0.1) is 0 Å². The van der Waals surface area contributed by atoms with Crippen LogP contribution in [0.5, 0.6) is 0 Å². The van der Waals surface area contributed by atoms with Gasteiger partial charge in [0.2, 0.25) is 0 Å². The van der Waals surface area contributed by atoms with Gasteiger partial charge in [0.1, 0.15) is 0 Å². The Balaban J connectivity index is 1.89. The second-order valence-corrected chi connectivity index (χ2v) is 8.64. The summed E-state index contributed by atoms with van der Waals surface area (Å²) in [7, 11) is -1.72. The highest BCUT2D eigenvalue weighted by Gasteiger charge is 2.26. The van der Waals surface area contributed by atoms with E-state index in [0.29, 0.717) is 16.4 Å². The molecular formula is C18H19ClN4O2S. The van der Waals surface area contributed by atoms with E-state index >= 15 is 0 Å². The van der Waals surface area contributed by atoms with Crippen LogP contribution < -0.4 is 4.90 Å². The van der Waals surface area contributed by atoms with Gasteiger partial charge in [0, 0.05) is 36.6 Å². The molecule has 0 aliphatic carbocycles. The van der Waals surface area contributed by atoms with Crippen LogP contribution in [0.15, 0.2) is 53.4 Å². The number of piperazine rings is 1. The number of fused-ring (bicyclic) bond motifs is 1. The summed E-state index contributed by atoms with van der Waals surface area (Å²) >= 11 is 6.14. The second-order valence-electron chi connectivity index (χ2n) is 6.44. The summed E-state index contributed by atoms with van der Waals surface area (Å²) in [5, 5.41) is 5.77. The molecule has 136 valence electrons. The number of likely N-dealkylation sites (N-methyl/N-ethyl adjacent to an activating group) is 1. The normalized spacial score (nSPS) is 16.3. The van der Waals surface area contributed by atoms with Crippen LogP contribution in [0.25, 0.3) is 10.9 Å². The second kappa shape index (κ2) is 6.57. The highest BCUT2D eigenvalue weighted by Crippen LogP contribution is 2.31. The van der Waals surface area contributed by atoms with Gasteiger partial charge < -0.3 is 9.80 Å². The molecular weight excluding hydrogens is 372 g/mol. The van der Waals surface area contributed by atoms with Gasteiger partial charge in [-0.3, -0.25) is 0 Å². The fourth-order valence-electron chi connectivity index (χ4n) is 3.17. The van der Waals surface area contributed by atoms with Gasteiger partial charge >= 0.3 is 0 Å². The van der Waals surface area contributed by atoms with Gasteiger partial charge in [-0.2, -0.15) is 12.5 Å². The summed E-state index contributed by atoms with van der Waals surface area (Å²) < 4.78 is 27.4. The molecule has 2 heterocycles. The van der Waals surface area contributed by atoms with Crippen molar-refractivity contribution in [3.05, 3.63) is 53.6 Å². The summed E-state index contributed by atoms with van der Waals surface area (Å²) in [5.74, 6) is 0.685. The fourth-order valence-corrected chi connectivity index (χ4v) is 4.64. The lowest BCUT2D eigenvalue weighted by molar-refractivity contribution is 0.312. The summed E-state index contributed by atoms with van der Waals surface area (Å²) in [5.41, 5.74) is 0.496. The zero-order valence-electron chi connectivity index (χ0n) is 14.3. The third kappa shape index (κ3) is 2.96. The Kier molecular flexibility index (Phi) is 4.38. The number of benzene rings is 2. The van der Waals surface area contributed by atoms with Crippen molar-refractivity contribution in [1.82, 2.24) is 14.1 Å². The molecule has 1 aliphatic heterocycles. The van der Waals surface area contributed by atoms with Gasteiger partial charge in [-0.15, -0.1) is 5.10 Å². The van der Waals surface area contributed by atoms with Gasteiger partial charge in [0.05, 0.1) is 10.4 Å². The monoisotopic (exact) mass is 390 g/mol. The molecule has 6 nitrogen and oxygen atoms in total. The molecule has 26 heavy (non-hydrogen) atoms. The first-order valence-corrected chi connectivity index (χ1v) is 10.2. The Morgan fingerprint density at radius 1 is 1.00 bits per heavy atom. The van der Waals surface area contributed by atoms with E-state index in [-0.39, 0.29) is 4.90 Å². The number of anilines is 1. The number of halogens is 1. The highest BCUT2D eigenvalue weighted by molar-refractivity contribution is 7.90. The SMILES string of the molecule is CN1CCN(c2nn(S(=O)(=O)c3ccccc3)c3cc(Cl)ccc23)CC1.